The fourth-order valence-corrected chi connectivity index (χ4v) is 2.53. The normalized spacial score (nSPS) is 13.0. The molecule has 0 bridgehead atoms. The average Bonchev–Trinajstić information content (AvgIpc) is 3.02. The van der Waals surface area contributed by atoms with Crippen molar-refractivity contribution in [3.05, 3.63) is 28.9 Å². The van der Waals surface area contributed by atoms with Gasteiger partial charge in [0.05, 0.1) is 11.8 Å². The number of oxazole rings is 1. The maximum absolute atomic E-state index is 9.68. The Morgan fingerprint density at radius 1 is 1.17 bits per heavy atom. The third-order valence-electron chi connectivity index (χ3n) is 3.19. The summed E-state index contributed by atoms with van der Waals surface area (Å²) in [7, 11) is 0. The summed E-state index contributed by atoms with van der Waals surface area (Å²) in [5.74, 6) is 1.47. The standard InChI is InChI=1S/C17H25N3O2S/c1-16(2,3)13-11-19-14(22-13)7-6-12-10-20-15(23-12)18-9-8-17(4,5)21/h6-7,10-11,21H,8-9H2,1-5H3,(H,18,20)/b7-6+. The summed E-state index contributed by atoms with van der Waals surface area (Å²) in [5, 5.41) is 13.7. The van der Waals surface area contributed by atoms with Crippen LogP contribution < -0.4 is 5.32 Å². The van der Waals surface area contributed by atoms with Crippen molar-refractivity contribution >= 4 is 28.6 Å². The van der Waals surface area contributed by atoms with Gasteiger partial charge in [-0.1, -0.05) is 32.1 Å². The lowest BCUT2D eigenvalue weighted by molar-refractivity contribution is 0.0749. The van der Waals surface area contributed by atoms with Gasteiger partial charge in [0.2, 0.25) is 5.89 Å². The molecular formula is C17H25N3O2S. The van der Waals surface area contributed by atoms with Gasteiger partial charge >= 0.3 is 0 Å². The monoisotopic (exact) mass is 335 g/mol. The van der Waals surface area contributed by atoms with Crippen LogP contribution in [0.5, 0.6) is 0 Å². The lowest BCUT2D eigenvalue weighted by Crippen LogP contribution is -2.22. The molecule has 2 aromatic heterocycles. The van der Waals surface area contributed by atoms with Crippen molar-refractivity contribution in [1.29, 1.82) is 0 Å². The number of rotatable bonds is 6. The van der Waals surface area contributed by atoms with Crippen LogP contribution in [-0.2, 0) is 5.41 Å². The number of aromatic nitrogens is 2. The van der Waals surface area contributed by atoms with Gasteiger partial charge in [-0.3, -0.25) is 0 Å². The molecule has 126 valence electrons. The van der Waals surface area contributed by atoms with Crippen LogP contribution >= 0.6 is 11.3 Å². The van der Waals surface area contributed by atoms with Crippen molar-refractivity contribution in [3.63, 3.8) is 0 Å². The van der Waals surface area contributed by atoms with Gasteiger partial charge in [0.15, 0.2) is 5.13 Å². The Hall–Kier alpha value is -1.66. The molecule has 0 aliphatic rings. The van der Waals surface area contributed by atoms with Gasteiger partial charge in [0.25, 0.3) is 0 Å². The molecule has 0 saturated heterocycles. The SMILES string of the molecule is CC(C)(O)CCNc1ncc(/C=C/c2ncc(C(C)(C)C)o2)s1. The zero-order valence-corrected chi connectivity index (χ0v) is 15.2. The Balaban J connectivity index is 1.92. The molecule has 2 heterocycles. The predicted octanol–water partition coefficient (Wildman–Crippen LogP) is 4.17. The Kier molecular flexibility index (Phi) is 5.26. The second kappa shape index (κ2) is 6.84. The molecular weight excluding hydrogens is 310 g/mol. The van der Waals surface area contributed by atoms with Crippen LogP contribution in [0.25, 0.3) is 12.2 Å². The van der Waals surface area contributed by atoms with E-state index >= 15 is 0 Å². The highest BCUT2D eigenvalue weighted by atomic mass is 32.1. The van der Waals surface area contributed by atoms with E-state index in [1.165, 1.54) is 0 Å². The van der Waals surface area contributed by atoms with Crippen LogP contribution in [0.3, 0.4) is 0 Å². The van der Waals surface area contributed by atoms with Crippen molar-refractivity contribution in [2.45, 2.75) is 52.1 Å². The lowest BCUT2D eigenvalue weighted by Gasteiger charge is -2.16. The molecule has 0 unspecified atom stereocenters. The van der Waals surface area contributed by atoms with Crippen molar-refractivity contribution in [2.24, 2.45) is 0 Å². The molecule has 0 radical (unpaired) electrons. The Morgan fingerprint density at radius 3 is 2.52 bits per heavy atom. The highest BCUT2D eigenvalue weighted by Crippen LogP contribution is 2.24. The molecule has 0 spiro atoms. The molecule has 0 saturated carbocycles. The molecule has 0 aliphatic carbocycles. The predicted molar refractivity (Wildman–Crippen MR) is 95.6 cm³/mol. The average molecular weight is 335 g/mol. The molecule has 0 atom stereocenters. The van der Waals surface area contributed by atoms with Gasteiger partial charge < -0.3 is 14.8 Å². The Morgan fingerprint density at radius 2 is 1.91 bits per heavy atom. The molecule has 2 rings (SSSR count). The lowest BCUT2D eigenvalue weighted by atomic mass is 9.94. The van der Waals surface area contributed by atoms with E-state index in [0.717, 1.165) is 15.8 Å². The van der Waals surface area contributed by atoms with Gasteiger partial charge in [-0.15, -0.1) is 0 Å². The highest BCUT2D eigenvalue weighted by Gasteiger charge is 2.18. The first-order valence-corrected chi connectivity index (χ1v) is 8.52. The van der Waals surface area contributed by atoms with Crippen LogP contribution in [0.15, 0.2) is 16.8 Å². The summed E-state index contributed by atoms with van der Waals surface area (Å²) >= 11 is 1.55. The topological polar surface area (TPSA) is 71.2 Å². The van der Waals surface area contributed by atoms with E-state index in [-0.39, 0.29) is 5.41 Å². The molecule has 6 heteroatoms. The summed E-state index contributed by atoms with van der Waals surface area (Å²) < 4.78 is 5.72. The van der Waals surface area contributed by atoms with Crippen molar-refractivity contribution < 1.29 is 9.52 Å². The van der Waals surface area contributed by atoms with E-state index in [1.807, 2.05) is 12.2 Å². The second-order valence-electron chi connectivity index (χ2n) is 7.20. The smallest absolute Gasteiger partial charge is 0.218 e. The van der Waals surface area contributed by atoms with E-state index in [0.29, 0.717) is 18.9 Å². The van der Waals surface area contributed by atoms with Crippen molar-refractivity contribution in [2.75, 3.05) is 11.9 Å². The first kappa shape index (κ1) is 17.7. The van der Waals surface area contributed by atoms with Gasteiger partial charge in [-0.05, 0) is 26.3 Å². The molecule has 5 nitrogen and oxygen atoms in total. The number of hydrogen-bond donors (Lipinski definition) is 2. The fourth-order valence-electron chi connectivity index (χ4n) is 1.79. The highest BCUT2D eigenvalue weighted by molar-refractivity contribution is 7.16. The third kappa shape index (κ3) is 5.80. The minimum atomic E-state index is -0.664. The van der Waals surface area contributed by atoms with Gasteiger partial charge in [0.1, 0.15) is 5.76 Å². The third-order valence-corrected chi connectivity index (χ3v) is 4.11. The van der Waals surface area contributed by atoms with Crippen LogP contribution in [0.2, 0.25) is 0 Å². The maximum Gasteiger partial charge on any atom is 0.218 e. The van der Waals surface area contributed by atoms with E-state index in [4.69, 9.17) is 4.42 Å². The molecule has 0 amide bonds. The zero-order chi connectivity index (χ0) is 17.1. The summed E-state index contributed by atoms with van der Waals surface area (Å²) in [6.45, 7) is 10.6. The number of hydrogen-bond acceptors (Lipinski definition) is 6. The van der Waals surface area contributed by atoms with Gasteiger partial charge in [-0.25, -0.2) is 9.97 Å². The Bertz CT molecular complexity index is 660. The van der Waals surface area contributed by atoms with Crippen molar-refractivity contribution in [1.82, 2.24) is 9.97 Å². The van der Waals surface area contributed by atoms with E-state index in [9.17, 15) is 5.11 Å². The van der Waals surface area contributed by atoms with E-state index in [2.05, 4.69) is 36.1 Å². The van der Waals surface area contributed by atoms with Crippen LogP contribution in [-0.4, -0.2) is 27.2 Å². The molecule has 0 fully saturated rings. The van der Waals surface area contributed by atoms with Crippen LogP contribution in [0.4, 0.5) is 5.13 Å². The van der Waals surface area contributed by atoms with E-state index < -0.39 is 5.60 Å². The first-order valence-electron chi connectivity index (χ1n) is 7.70. The number of nitrogens with zero attached hydrogens (tertiary/aromatic N) is 2. The molecule has 2 N–H and O–H groups in total. The number of nitrogens with one attached hydrogen (secondary N) is 1. The fraction of sp³-hybridized carbons (Fsp3) is 0.529. The number of anilines is 1. The Labute approximate surface area is 141 Å². The maximum atomic E-state index is 9.68. The van der Waals surface area contributed by atoms with Crippen LogP contribution in [0.1, 0.15) is 57.6 Å². The molecule has 0 aromatic carbocycles. The molecule has 0 aliphatic heterocycles. The van der Waals surface area contributed by atoms with Gasteiger partial charge in [0, 0.05) is 29.1 Å². The minimum absolute atomic E-state index is 0.0405. The molecule has 23 heavy (non-hydrogen) atoms. The second-order valence-corrected chi connectivity index (χ2v) is 8.27. The molecule has 2 aromatic rings. The summed E-state index contributed by atoms with van der Waals surface area (Å²) in [5.41, 5.74) is -0.705. The van der Waals surface area contributed by atoms with Crippen LogP contribution in [0, 0.1) is 0 Å². The van der Waals surface area contributed by atoms with Gasteiger partial charge in [-0.2, -0.15) is 0 Å². The van der Waals surface area contributed by atoms with E-state index in [1.54, 1.807) is 37.6 Å². The summed E-state index contributed by atoms with van der Waals surface area (Å²) in [6.07, 6.45) is 8.04. The summed E-state index contributed by atoms with van der Waals surface area (Å²) in [6, 6.07) is 0. The summed E-state index contributed by atoms with van der Waals surface area (Å²) in [4.78, 5) is 9.60. The zero-order valence-electron chi connectivity index (χ0n) is 14.4. The van der Waals surface area contributed by atoms with Crippen molar-refractivity contribution in [3.8, 4) is 0 Å². The number of aliphatic hydroxyl groups is 1. The minimum Gasteiger partial charge on any atom is -0.441 e. The first-order chi connectivity index (χ1) is 10.6. The largest absolute Gasteiger partial charge is 0.441 e. The quantitative estimate of drug-likeness (QED) is 0.829. The number of thiazole rings is 1.